The normalized spacial score (nSPS) is 26.0. The first kappa shape index (κ1) is 11.0. The molecule has 1 aromatic heterocycles. The van der Waals surface area contributed by atoms with E-state index in [9.17, 15) is 4.79 Å². The van der Waals surface area contributed by atoms with Gasteiger partial charge in [-0.3, -0.25) is 9.89 Å². The molecular formula is C14H16N4O. The monoisotopic (exact) mass is 256 g/mol. The molecule has 19 heavy (non-hydrogen) atoms. The summed E-state index contributed by atoms with van der Waals surface area (Å²) in [5.74, 6) is 0.785. The predicted octanol–water partition coefficient (Wildman–Crippen LogP) is 0.997. The zero-order valence-electron chi connectivity index (χ0n) is 10.6. The van der Waals surface area contributed by atoms with Crippen molar-refractivity contribution >= 4 is 16.8 Å². The molecule has 98 valence electrons. The Bertz CT molecular complexity index is 635. The number of carbonyl (C=O) groups excluding carboxylic acids is 1. The lowest BCUT2D eigenvalue weighted by Crippen LogP contribution is -2.39. The van der Waals surface area contributed by atoms with Gasteiger partial charge in [-0.15, -0.1) is 0 Å². The Morgan fingerprint density at radius 2 is 2.32 bits per heavy atom. The van der Waals surface area contributed by atoms with Crippen molar-refractivity contribution in [2.24, 2.45) is 5.92 Å². The van der Waals surface area contributed by atoms with Crippen LogP contribution in [-0.2, 0) is 0 Å². The standard InChI is InChI=1S/C14H16N4O/c19-14(18-4-3-11-6-15-8-13(11)18)9-1-2-10-7-16-17-12(10)5-9/h1-2,5,7,11,13,15H,3-4,6,8H2,(H,16,17)/t11-,13+/m0/s1. The molecule has 0 radical (unpaired) electrons. The highest BCUT2D eigenvalue weighted by atomic mass is 16.2. The van der Waals surface area contributed by atoms with E-state index in [2.05, 4.69) is 15.5 Å². The van der Waals surface area contributed by atoms with Gasteiger partial charge in [0.2, 0.25) is 0 Å². The number of H-pyrrole nitrogens is 1. The Hall–Kier alpha value is -1.88. The summed E-state index contributed by atoms with van der Waals surface area (Å²) in [6.07, 6.45) is 2.89. The molecule has 5 heteroatoms. The smallest absolute Gasteiger partial charge is 0.254 e. The number of nitrogens with zero attached hydrogens (tertiary/aromatic N) is 2. The van der Waals surface area contributed by atoms with Crippen LogP contribution >= 0.6 is 0 Å². The van der Waals surface area contributed by atoms with Gasteiger partial charge in [-0.2, -0.15) is 5.10 Å². The molecular weight excluding hydrogens is 240 g/mol. The quantitative estimate of drug-likeness (QED) is 0.800. The lowest BCUT2D eigenvalue weighted by atomic mass is 10.0. The highest BCUT2D eigenvalue weighted by molar-refractivity contribution is 5.98. The van der Waals surface area contributed by atoms with Crippen molar-refractivity contribution in [1.29, 1.82) is 0 Å². The number of aromatic nitrogens is 2. The van der Waals surface area contributed by atoms with E-state index in [4.69, 9.17) is 0 Å². The van der Waals surface area contributed by atoms with Crippen LogP contribution in [0.25, 0.3) is 10.9 Å². The number of fused-ring (bicyclic) bond motifs is 2. The van der Waals surface area contributed by atoms with Crippen molar-refractivity contribution in [2.75, 3.05) is 19.6 Å². The SMILES string of the molecule is O=C(c1ccc2cn[nH]c2c1)N1CC[C@H]2CNC[C@H]21. The number of aromatic amines is 1. The summed E-state index contributed by atoms with van der Waals surface area (Å²) in [6.45, 7) is 2.87. The molecule has 1 amide bonds. The second-order valence-corrected chi connectivity index (χ2v) is 5.44. The van der Waals surface area contributed by atoms with Crippen LogP contribution in [-0.4, -0.2) is 46.7 Å². The molecule has 0 spiro atoms. The Morgan fingerprint density at radius 1 is 1.37 bits per heavy atom. The van der Waals surface area contributed by atoms with Crippen molar-refractivity contribution in [1.82, 2.24) is 20.4 Å². The average molecular weight is 256 g/mol. The van der Waals surface area contributed by atoms with Crippen LogP contribution in [0.4, 0.5) is 0 Å². The number of hydrogen-bond donors (Lipinski definition) is 2. The molecule has 3 heterocycles. The lowest BCUT2D eigenvalue weighted by Gasteiger charge is -2.23. The van der Waals surface area contributed by atoms with E-state index in [1.165, 1.54) is 0 Å². The van der Waals surface area contributed by atoms with E-state index in [-0.39, 0.29) is 5.91 Å². The Balaban J connectivity index is 1.65. The Morgan fingerprint density at radius 3 is 3.26 bits per heavy atom. The van der Waals surface area contributed by atoms with Crippen LogP contribution in [0.3, 0.4) is 0 Å². The molecule has 2 atom stereocenters. The number of amides is 1. The van der Waals surface area contributed by atoms with Gasteiger partial charge in [-0.05, 0) is 24.5 Å². The molecule has 4 rings (SSSR count). The number of hydrogen-bond acceptors (Lipinski definition) is 3. The Kier molecular flexibility index (Phi) is 2.35. The number of carbonyl (C=O) groups is 1. The molecule has 0 aliphatic carbocycles. The molecule has 2 aliphatic heterocycles. The van der Waals surface area contributed by atoms with Gasteiger partial charge in [0.05, 0.1) is 11.7 Å². The topological polar surface area (TPSA) is 61.0 Å². The minimum Gasteiger partial charge on any atom is -0.334 e. The molecule has 2 aliphatic rings. The summed E-state index contributed by atoms with van der Waals surface area (Å²) in [5, 5.41) is 11.3. The number of likely N-dealkylation sites (tertiary alicyclic amines) is 1. The van der Waals surface area contributed by atoms with Gasteiger partial charge in [-0.1, -0.05) is 6.07 Å². The molecule has 2 aromatic rings. The molecule has 0 unspecified atom stereocenters. The van der Waals surface area contributed by atoms with E-state index in [1.807, 2.05) is 23.1 Å². The highest BCUT2D eigenvalue weighted by Crippen LogP contribution is 2.28. The molecule has 1 aromatic carbocycles. The van der Waals surface area contributed by atoms with E-state index in [1.54, 1.807) is 6.20 Å². The molecule has 2 fully saturated rings. The fraction of sp³-hybridized carbons (Fsp3) is 0.429. The zero-order chi connectivity index (χ0) is 12.8. The van der Waals surface area contributed by atoms with Crippen molar-refractivity contribution < 1.29 is 4.79 Å². The average Bonchev–Trinajstić information content (AvgIpc) is 3.12. The lowest BCUT2D eigenvalue weighted by molar-refractivity contribution is 0.0737. The van der Waals surface area contributed by atoms with E-state index >= 15 is 0 Å². The molecule has 2 N–H and O–H groups in total. The number of nitrogens with one attached hydrogen (secondary N) is 2. The van der Waals surface area contributed by atoms with Crippen molar-refractivity contribution in [3.63, 3.8) is 0 Å². The summed E-state index contributed by atoms with van der Waals surface area (Å²) >= 11 is 0. The van der Waals surface area contributed by atoms with Gasteiger partial charge < -0.3 is 10.2 Å². The summed E-state index contributed by atoms with van der Waals surface area (Å²) in [7, 11) is 0. The number of rotatable bonds is 1. The maximum absolute atomic E-state index is 12.6. The first-order valence-electron chi connectivity index (χ1n) is 6.78. The largest absolute Gasteiger partial charge is 0.334 e. The van der Waals surface area contributed by atoms with Crippen LogP contribution in [0.15, 0.2) is 24.4 Å². The van der Waals surface area contributed by atoms with Gasteiger partial charge >= 0.3 is 0 Å². The second kappa shape index (κ2) is 4.06. The maximum atomic E-state index is 12.6. The third-order valence-corrected chi connectivity index (χ3v) is 4.40. The van der Waals surface area contributed by atoms with Gasteiger partial charge in [0, 0.05) is 36.6 Å². The fourth-order valence-electron chi connectivity index (χ4n) is 3.34. The third kappa shape index (κ3) is 1.65. The Labute approximate surface area is 111 Å². The van der Waals surface area contributed by atoms with Crippen LogP contribution in [0.1, 0.15) is 16.8 Å². The summed E-state index contributed by atoms with van der Waals surface area (Å²) < 4.78 is 0. The second-order valence-electron chi connectivity index (χ2n) is 5.44. The van der Waals surface area contributed by atoms with Crippen molar-refractivity contribution in [3.05, 3.63) is 30.0 Å². The highest BCUT2D eigenvalue weighted by Gasteiger charge is 2.40. The minimum atomic E-state index is 0.146. The van der Waals surface area contributed by atoms with Gasteiger partial charge in [0.25, 0.3) is 5.91 Å². The first-order chi connectivity index (χ1) is 9.33. The van der Waals surface area contributed by atoms with Crippen molar-refractivity contribution in [2.45, 2.75) is 12.5 Å². The van der Waals surface area contributed by atoms with Gasteiger partial charge in [0.1, 0.15) is 0 Å². The predicted molar refractivity (Wildman–Crippen MR) is 71.9 cm³/mol. The summed E-state index contributed by atoms with van der Waals surface area (Å²) in [4.78, 5) is 14.6. The summed E-state index contributed by atoms with van der Waals surface area (Å²) in [6, 6.07) is 6.13. The summed E-state index contributed by atoms with van der Waals surface area (Å²) in [5.41, 5.74) is 1.68. The van der Waals surface area contributed by atoms with Gasteiger partial charge in [0.15, 0.2) is 0 Å². The van der Waals surface area contributed by atoms with Gasteiger partial charge in [-0.25, -0.2) is 0 Å². The number of benzene rings is 1. The zero-order valence-corrected chi connectivity index (χ0v) is 10.6. The van der Waals surface area contributed by atoms with Crippen LogP contribution in [0.2, 0.25) is 0 Å². The molecule has 2 saturated heterocycles. The molecule has 0 saturated carbocycles. The first-order valence-corrected chi connectivity index (χ1v) is 6.78. The van der Waals surface area contributed by atoms with E-state index in [0.29, 0.717) is 12.0 Å². The minimum absolute atomic E-state index is 0.146. The molecule has 0 bridgehead atoms. The van der Waals surface area contributed by atoms with Crippen LogP contribution < -0.4 is 5.32 Å². The molecule has 5 nitrogen and oxygen atoms in total. The van der Waals surface area contributed by atoms with Crippen LogP contribution in [0, 0.1) is 5.92 Å². The third-order valence-electron chi connectivity index (χ3n) is 4.40. The fourth-order valence-corrected chi connectivity index (χ4v) is 3.34. The van der Waals surface area contributed by atoms with Crippen molar-refractivity contribution in [3.8, 4) is 0 Å². The maximum Gasteiger partial charge on any atom is 0.254 e. The van der Waals surface area contributed by atoms with E-state index in [0.717, 1.165) is 42.5 Å². The van der Waals surface area contributed by atoms with E-state index < -0.39 is 0 Å². The van der Waals surface area contributed by atoms with Crippen LogP contribution in [0.5, 0.6) is 0 Å².